The highest BCUT2D eigenvalue weighted by atomic mass is 16.6. The molecule has 1 heterocycles. The molecule has 0 radical (unpaired) electrons. The van der Waals surface area contributed by atoms with Crippen LogP contribution in [0.1, 0.15) is 6.92 Å². The lowest BCUT2D eigenvalue weighted by molar-refractivity contribution is -0.0471. The fourth-order valence-electron chi connectivity index (χ4n) is 1.82. The Labute approximate surface area is 79.1 Å². The second-order valence-electron chi connectivity index (χ2n) is 3.24. The molecule has 78 valence electrons. The topological polar surface area (TPSA) is 36.9 Å². The Morgan fingerprint density at radius 1 is 1.08 bits per heavy atom. The van der Waals surface area contributed by atoms with Crippen LogP contribution >= 0.6 is 0 Å². The maximum atomic E-state index is 5.63. The van der Waals surface area contributed by atoms with Gasteiger partial charge in [0.25, 0.3) is 0 Å². The molecule has 13 heavy (non-hydrogen) atoms. The average molecular weight is 190 g/mol. The standard InChI is InChI=1S/C9H18O4/c1-6-8(11-3)9(12-4)7(13-6)5-10-2/h6-9H,5H2,1-4H3/t6-,7+,8+,9?/m0/s1. The smallest absolute Gasteiger partial charge is 0.114 e. The largest absolute Gasteiger partial charge is 0.382 e. The third kappa shape index (κ3) is 2.20. The minimum Gasteiger partial charge on any atom is -0.382 e. The minimum atomic E-state index is -0.0278. The molecule has 0 spiro atoms. The first kappa shape index (κ1) is 10.9. The predicted octanol–water partition coefficient (Wildman–Crippen LogP) is 0.450. The normalized spacial score (nSPS) is 39.7. The van der Waals surface area contributed by atoms with Crippen molar-refractivity contribution in [2.75, 3.05) is 27.9 Å². The van der Waals surface area contributed by atoms with E-state index < -0.39 is 0 Å². The molecule has 0 aromatic heterocycles. The van der Waals surface area contributed by atoms with E-state index in [1.165, 1.54) is 0 Å². The van der Waals surface area contributed by atoms with Crippen LogP contribution in [-0.2, 0) is 18.9 Å². The van der Waals surface area contributed by atoms with Crippen LogP contribution in [0, 0.1) is 0 Å². The molecule has 0 bridgehead atoms. The highest BCUT2D eigenvalue weighted by Gasteiger charge is 2.42. The van der Waals surface area contributed by atoms with E-state index in [4.69, 9.17) is 18.9 Å². The van der Waals surface area contributed by atoms with Crippen molar-refractivity contribution in [1.82, 2.24) is 0 Å². The van der Waals surface area contributed by atoms with Gasteiger partial charge in [0.2, 0.25) is 0 Å². The van der Waals surface area contributed by atoms with Gasteiger partial charge in [0.1, 0.15) is 18.3 Å². The van der Waals surface area contributed by atoms with E-state index in [1.807, 2.05) is 6.92 Å². The van der Waals surface area contributed by atoms with Crippen molar-refractivity contribution in [2.45, 2.75) is 31.3 Å². The minimum absolute atomic E-state index is 0.00477. The van der Waals surface area contributed by atoms with E-state index in [0.717, 1.165) is 0 Å². The van der Waals surface area contributed by atoms with Crippen molar-refractivity contribution in [2.24, 2.45) is 0 Å². The van der Waals surface area contributed by atoms with Crippen LogP contribution in [-0.4, -0.2) is 52.4 Å². The van der Waals surface area contributed by atoms with Gasteiger partial charge >= 0.3 is 0 Å². The molecule has 0 aromatic carbocycles. The van der Waals surface area contributed by atoms with Gasteiger partial charge in [-0.25, -0.2) is 0 Å². The summed E-state index contributed by atoms with van der Waals surface area (Å²) in [6, 6.07) is 0. The Balaban J connectivity index is 2.57. The monoisotopic (exact) mass is 190 g/mol. The highest BCUT2D eigenvalue weighted by Crippen LogP contribution is 2.25. The summed E-state index contributed by atoms with van der Waals surface area (Å²) >= 11 is 0. The third-order valence-corrected chi connectivity index (χ3v) is 2.42. The molecule has 4 heteroatoms. The van der Waals surface area contributed by atoms with Gasteiger partial charge in [-0.1, -0.05) is 0 Å². The molecule has 1 fully saturated rings. The van der Waals surface area contributed by atoms with Crippen molar-refractivity contribution in [3.63, 3.8) is 0 Å². The van der Waals surface area contributed by atoms with Crippen LogP contribution in [0.3, 0.4) is 0 Å². The first-order valence-electron chi connectivity index (χ1n) is 4.44. The molecule has 0 amide bonds. The molecule has 0 saturated carbocycles. The molecular weight excluding hydrogens is 172 g/mol. The first-order valence-corrected chi connectivity index (χ1v) is 4.44. The summed E-state index contributed by atoms with van der Waals surface area (Å²) < 4.78 is 21.3. The van der Waals surface area contributed by atoms with Gasteiger partial charge in [0.05, 0.1) is 12.7 Å². The Morgan fingerprint density at radius 2 is 1.69 bits per heavy atom. The number of hydrogen-bond donors (Lipinski definition) is 0. The average Bonchev–Trinajstić information content (AvgIpc) is 2.41. The van der Waals surface area contributed by atoms with Gasteiger partial charge < -0.3 is 18.9 Å². The summed E-state index contributed by atoms with van der Waals surface area (Å²) in [7, 11) is 4.99. The first-order chi connectivity index (χ1) is 6.24. The van der Waals surface area contributed by atoms with Crippen LogP contribution in [0.4, 0.5) is 0 Å². The van der Waals surface area contributed by atoms with Crippen molar-refractivity contribution in [1.29, 1.82) is 0 Å². The SMILES string of the molecule is COC[C@H]1O[C@@H](C)[C@@H](OC)C1OC. The van der Waals surface area contributed by atoms with E-state index in [9.17, 15) is 0 Å². The van der Waals surface area contributed by atoms with Gasteiger partial charge in [0, 0.05) is 21.3 Å². The Bertz CT molecular complexity index is 151. The van der Waals surface area contributed by atoms with E-state index in [-0.39, 0.29) is 24.4 Å². The molecule has 4 atom stereocenters. The van der Waals surface area contributed by atoms with Gasteiger partial charge in [-0.05, 0) is 6.92 Å². The quantitative estimate of drug-likeness (QED) is 0.645. The van der Waals surface area contributed by atoms with Crippen molar-refractivity contribution in [3.8, 4) is 0 Å². The second kappa shape index (κ2) is 4.91. The Kier molecular flexibility index (Phi) is 4.12. The fourth-order valence-corrected chi connectivity index (χ4v) is 1.82. The molecule has 0 N–H and O–H groups in total. The van der Waals surface area contributed by atoms with Crippen molar-refractivity contribution < 1.29 is 18.9 Å². The van der Waals surface area contributed by atoms with Gasteiger partial charge in [-0.3, -0.25) is 0 Å². The Hall–Kier alpha value is -0.160. The molecule has 0 aliphatic carbocycles. The molecule has 1 aliphatic heterocycles. The van der Waals surface area contributed by atoms with Crippen molar-refractivity contribution >= 4 is 0 Å². The van der Waals surface area contributed by atoms with Crippen LogP contribution < -0.4 is 0 Å². The number of ether oxygens (including phenoxy) is 4. The summed E-state index contributed by atoms with van der Waals surface area (Å²) in [4.78, 5) is 0. The van der Waals surface area contributed by atoms with Crippen LogP contribution in [0.5, 0.6) is 0 Å². The number of methoxy groups -OCH3 is 3. The zero-order valence-electron chi connectivity index (χ0n) is 8.65. The molecule has 1 unspecified atom stereocenters. The third-order valence-electron chi connectivity index (χ3n) is 2.42. The molecule has 1 aliphatic rings. The molecule has 4 nitrogen and oxygen atoms in total. The van der Waals surface area contributed by atoms with Crippen LogP contribution in [0.25, 0.3) is 0 Å². The fraction of sp³-hybridized carbons (Fsp3) is 1.00. The van der Waals surface area contributed by atoms with E-state index >= 15 is 0 Å². The van der Waals surface area contributed by atoms with Gasteiger partial charge in [0.15, 0.2) is 0 Å². The van der Waals surface area contributed by atoms with Gasteiger partial charge in [-0.2, -0.15) is 0 Å². The zero-order valence-corrected chi connectivity index (χ0v) is 8.65. The molecule has 1 saturated heterocycles. The summed E-state index contributed by atoms with van der Waals surface area (Å²) in [5, 5.41) is 0. The zero-order chi connectivity index (χ0) is 9.84. The molecular formula is C9H18O4. The second-order valence-corrected chi connectivity index (χ2v) is 3.24. The highest BCUT2D eigenvalue weighted by molar-refractivity contribution is 4.90. The van der Waals surface area contributed by atoms with E-state index in [0.29, 0.717) is 6.61 Å². The van der Waals surface area contributed by atoms with E-state index in [1.54, 1.807) is 21.3 Å². The van der Waals surface area contributed by atoms with Crippen molar-refractivity contribution in [3.05, 3.63) is 0 Å². The lowest BCUT2D eigenvalue weighted by Crippen LogP contribution is -2.37. The van der Waals surface area contributed by atoms with Crippen LogP contribution in [0.15, 0.2) is 0 Å². The summed E-state index contributed by atoms with van der Waals surface area (Å²) in [6.07, 6.45) is 0.0233. The Morgan fingerprint density at radius 3 is 2.15 bits per heavy atom. The van der Waals surface area contributed by atoms with Gasteiger partial charge in [-0.15, -0.1) is 0 Å². The lowest BCUT2D eigenvalue weighted by atomic mass is 10.1. The van der Waals surface area contributed by atoms with E-state index in [2.05, 4.69) is 0 Å². The summed E-state index contributed by atoms with van der Waals surface area (Å²) in [5.41, 5.74) is 0. The molecule has 1 rings (SSSR count). The predicted molar refractivity (Wildman–Crippen MR) is 47.8 cm³/mol. The maximum Gasteiger partial charge on any atom is 0.114 e. The molecule has 0 aromatic rings. The number of hydrogen-bond acceptors (Lipinski definition) is 4. The maximum absolute atomic E-state index is 5.63. The lowest BCUT2D eigenvalue weighted by Gasteiger charge is -2.20. The summed E-state index contributed by atoms with van der Waals surface area (Å²) in [5.74, 6) is 0. The summed E-state index contributed by atoms with van der Waals surface area (Å²) in [6.45, 7) is 2.53. The number of rotatable bonds is 4. The van der Waals surface area contributed by atoms with Crippen LogP contribution in [0.2, 0.25) is 0 Å².